The van der Waals surface area contributed by atoms with Crippen LogP contribution in [-0.4, -0.2) is 37.9 Å². The van der Waals surface area contributed by atoms with Gasteiger partial charge in [0, 0.05) is 12.1 Å². The second-order valence-corrected chi connectivity index (χ2v) is 8.12. The van der Waals surface area contributed by atoms with Crippen LogP contribution >= 0.6 is 0 Å². The number of carbonyl (C=O) groups excluding carboxylic acids is 1. The maximum Gasteiger partial charge on any atom is 0.573 e. The molecule has 33 heavy (non-hydrogen) atoms. The molecule has 0 saturated carbocycles. The molecule has 2 aromatic rings. The van der Waals surface area contributed by atoms with Crippen molar-refractivity contribution in [2.24, 2.45) is 0 Å². The van der Waals surface area contributed by atoms with Gasteiger partial charge < -0.3 is 15.2 Å². The molecular weight excluding hydrogens is 486 g/mol. The van der Waals surface area contributed by atoms with E-state index in [4.69, 9.17) is 0 Å². The van der Waals surface area contributed by atoms with Crippen molar-refractivity contribution in [3.63, 3.8) is 0 Å². The number of nitrogens with zero attached hydrogens (tertiary/aromatic N) is 1. The van der Waals surface area contributed by atoms with Gasteiger partial charge in [0.2, 0.25) is 0 Å². The summed E-state index contributed by atoms with van der Waals surface area (Å²) in [6, 6.07) is 5.66. The fourth-order valence-corrected chi connectivity index (χ4v) is 3.85. The van der Waals surface area contributed by atoms with E-state index >= 15 is 0 Å². The summed E-state index contributed by atoms with van der Waals surface area (Å²) < 4.78 is 93.7. The lowest BCUT2D eigenvalue weighted by Crippen LogP contribution is -2.45. The standard InChI is InChI=1S/C18H14F6N2O6S/c1-16(28,9-33(31)14-5-3-2-4-13(14)32-18(22,23)24)15(27)25-12-7-6-10(26(29)30)8-11(12)17(19,20)21/h2-8,28H,9H2,1H3,(H,25,27). The zero-order chi connectivity index (χ0) is 25.2. The van der Waals surface area contributed by atoms with Gasteiger partial charge in [0.15, 0.2) is 5.60 Å². The molecule has 15 heteroatoms. The lowest BCUT2D eigenvalue weighted by Gasteiger charge is -2.23. The number of nitro groups is 1. The predicted octanol–water partition coefficient (Wildman–Crippen LogP) is 4.01. The predicted molar refractivity (Wildman–Crippen MR) is 102 cm³/mol. The summed E-state index contributed by atoms with van der Waals surface area (Å²) >= 11 is 0. The number of anilines is 1. The Bertz CT molecular complexity index is 1090. The Hall–Kier alpha value is -3.20. The average Bonchev–Trinajstić information content (AvgIpc) is 2.66. The highest BCUT2D eigenvalue weighted by molar-refractivity contribution is 7.85. The molecule has 8 nitrogen and oxygen atoms in total. The summed E-state index contributed by atoms with van der Waals surface area (Å²) in [6.07, 6.45) is -10.2. The molecule has 0 spiro atoms. The van der Waals surface area contributed by atoms with Crippen molar-refractivity contribution in [1.82, 2.24) is 0 Å². The van der Waals surface area contributed by atoms with E-state index in [1.807, 2.05) is 0 Å². The number of benzene rings is 2. The van der Waals surface area contributed by atoms with Crippen molar-refractivity contribution < 1.29 is 50.1 Å². The van der Waals surface area contributed by atoms with Gasteiger partial charge in [-0.2, -0.15) is 13.2 Å². The van der Waals surface area contributed by atoms with Gasteiger partial charge in [-0.05, 0) is 25.1 Å². The van der Waals surface area contributed by atoms with Gasteiger partial charge in [-0.25, -0.2) is 0 Å². The number of ether oxygens (including phenoxy) is 1. The highest BCUT2D eigenvalue weighted by atomic mass is 32.2. The van der Waals surface area contributed by atoms with Gasteiger partial charge in [-0.1, -0.05) is 12.1 Å². The largest absolute Gasteiger partial charge is 0.573 e. The molecule has 2 N–H and O–H groups in total. The number of hydrogen-bond donors (Lipinski definition) is 2. The third kappa shape index (κ3) is 6.89. The number of para-hydroxylation sites is 1. The number of alkyl halides is 6. The van der Waals surface area contributed by atoms with Crippen molar-refractivity contribution in [2.45, 2.75) is 30.0 Å². The molecule has 2 unspecified atom stereocenters. The first-order chi connectivity index (χ1) is 15.0. The zero-order valence-corrected chi connectivity index (χ0v) is 17.2. The Kier molecular flexibility index (Phi) is 7.38. The van der Waals surface area contributed by atoms with Gasteiger partial charge in [-0.15, -0.1) is 13.2 Å². The number of aliphatic hydroxyl groups is 1. The first-order valence-electron chi connectivity index (χ1n) is 8.64. The highest BCUT2D eigenvalue weighted by Gasteiger charge is 2.39. The van der Waals surface area contributed by atoms with Crippen LogP contribution in [0.25, 0.3) is 0 Å². The normalized spacial score (nSPS) is 14.8. The number of hydrogen-bond acceptors (Lipinski definition) is 6. The maximum atomic E-state index is 13.3. The first kappa shape index (κ1) is 26.1. The molecule has 0 bridgehead atoms. The topological polar surface area (TPSA) is 119 Å². The minimum atomic E-state index is -5.12. The van der Waals surface area contributed by atoms with E-state index in [2.05, 4.69) is 4.74 Å². The van der Waals surface area contributed by atoms with Gasteiger partial charge in [0.05, 0.1) is 37.6 Å². The smallest absolute Gasteiger partial charge is 0.404 e. The number of non-ortho nitro benzene ring substituents is 1. The molecule has 0 aliphatic rings. The first-order valence-corrected chi connectivity index (χ1v) is 9.96. The summed E-state index contributed by atoms with van der Waals surface area (Å²) in [4.78, 5) is 21.5. The monoisotopic (exact) mass is 500 g/mol. The average molecular weight is 500 g/mol. The SMILES string of the molecule is CC(O)(CS(=O)c1ccccc1OC(F)(F)F)C(=O)Nc1ccc([N+](=O)[O-])cc1C(F)(F)F. The molecule has 1 amide bonds. The Labute approximate surface area is 183 Å². The molecule has 0 aliphatic heterocycles. The van der Waals surface area contributed by atoms with E-state index in [1.54, 1.807) is 5.32 Å². The van der Waals surface area contributed by atoms with E-state index in [0.29, 0.717) is 12.1 Å². The molecule has 0 fully saturated rings. The third-order valence-electron chi connectivity index (χ3n) is 3.99. The quantitative estimate of drug-likeness (QED) is 0.337. The third-order valence-corrected chi connectivity index (χ3v) is 5.64. The fraction of sp³-hybridized carbons (Fsp3) is 0.278. The minimum absolute atomic E-state index is 0.174. The van der Waals surface area contributed by atoms with E-state index in [1.165, 1.54) is 6.07 Å². The van der Waals surface area contributed by atoms with Crippen molar-refractivity contribution in [3.8, 4) is 5.75 Å². The molecule has 180 valence electrons. The van der Waals surface area contributed by atoms with Gasteiger partial charge in [0.25, 0.3) is 11.6 Å². The summed E-state index contributed by atoms with van der Waals surface area (Å²) in [5.41, 5.74) is -6.04. The molecular formula is C18H14F6N2O6S. The van der Waals surface area contributed by atoms with Gasteiger partial charge >= 0.3 is 12.5 Å². The minimum Gasteiger partial charge on any atom is -0.404 e. The van der Waals surface area contributed by atoms with Crippen molar-refractivity contribution in [1.29, 1.82) is 0 Å². The summed E-state index contributed by atoms with van der Waals surface area (Å²) in [7, 11) is -2.46. The number of nitrogens with one attached hydrogen (secondary N) is 1. The number of rotatable bonds is 7. The van der Waals surface area contributed by atoms with Crippen LogP contribution < -0.4 is 10.1 Å². The maximum absolute atomic E-state index is 13.3. The Morgan fingerprint density at radius 1 is 1.15 bits per heavy atom. The van der Waals surface area contributed by atoms with Crippen LogP contribution in [0, 0.1) is 10.1 Å². The van der Waals surface area contributed by atoms with Crippen LogP contribution in [0.15, 0.2) is 47.4 Å². The molecule has 2 rings (SSSR count). The van der Waals surface area contributed by atoms with Gasteiger partial charge in [0.1, 0.15) is 5.75 Å². The van der Waals surface area contributed by atoms with Crippen LogP contribution in [0.2, 0.25) is 0 Å². The molecule has 0 aliphatic carbocycles. The van der Waals surface area contributed by atoms with Crippen LogP contribution in [0.5, 0.6) is 5.75 Å². The van der Waals surface area contributed by atoms with Crippen molar-refractivity contribution in [2.75, 3.05) is 11.1 Å². The van der Waals surface area contributed by atoms with Crippen molar-refractivity contribution >= 4 is 28.1 Å². The van der Waals surface area contributed by atoms with E-state index in [-0.39, 0.29) is 6.07 Å². The van der Waals surface area contributed by atoms with Crippen LogP contribution in [0.4, 0.5) is 37.7 Å². The molecule has 2 atom stereocenters. The lowest BCUT2D eigenvalue weighted by atomic mass is 10.1. The van der Waals surface area contributed by atoms with Crippen molar-refractivity contribution in [3.05, 3.63) is 58.1 Å². The van der Waals surface area contributed by atoms with Gasteiger partial charge in [-0.3, -0.25) is 19.1 Å². The van der Waals surface area contributed by atoms with Crippen LogP contribution in [0.1, 0.15) is 12.5 Å². The Morgan fingerprint density at radius 3 is 2.30 bits per heavy atom. The Morgan fingerprint density at radius 2 is 1.76 bits per heavy atom. The van der Waals surface area contributed by atoms with Crippen LogP contribution in [0.3, 0.4) is 0 Å². The molecule has 0 saturated heterocycles. The summed E-state index contributed by atoms with van der Waals surface area (Å²) in [5.74, 6) is -3.34. The molecule has 0 radical (unpaired) electrons. The number of carbonyl (C=O) groups is 1. The molecule has 2 aromatic carbocycles. The number of halogens is 6. The number of nitro benzene ring substituents is 1. The second kappa shape index (κ2) is 9.35. The van der Waals surface area contributed by atoms with E-state index < -0.39 is 73.1 Å². The number of amides is 1. The fourth-order valence-electron chi connectivity index (χ4n) is 2.49. The summed E-state index contributed by atoms with van der Waals surface area (Å²) in [6.45, 7) is 0.784. The van der Waals surface area contributed by atoms with Crippen LogP contribution in [-0.2, 0) is 21.8 Å². The Balaban J connectivity index is 2.28. The van der Waals surface area contributed by atoms with E-state index in [0.717, 1.165) is 25.1 Å². The summed E-state index contributed by atoms with van der Waals surface area (Å²) in [5, 5.41) is 22.9. The van der Waals surface area contributed by atoms with E-state index in [9.17, 15) is 50.6 Å². The lowest BCUT2D eigenvalue weighted by molar-refractivity contribution is -0.385. The molecule has 0 aromatic heterocycles. The highest BCUT2D eigenvalue weighted by Crippen LogP contribution is 2.37. The second-order valence-electron chi connectivity index (χ2n) is 6.70. The molecule has 0 heterocycles. The zero-order valence-electron chi connectivity index (χ0n) is 16.4.